The maximum absolute atomic E-state index is 12.6. The SMILES string of the molecule is C[C@@]1(CC(=O)O)c2cc3[n-]c(cc4nc(cc5[n-]c(cc(n2)[C@H]1CCC(=O)O)[C@@](C)(CC(=O)O)[C@@H]5CCC(=O)O)C(CC(=O)O)=C4CCC(=O)O)c(CCC(=O)O)c3CC(=O)O.[Ni]. The first-order chi connectivity index (χ1) is 29.0. The van der Waals surface area contributed by atoms with Gasteiger partial charge in [0, 0.05) is 64.9 Å². The van der Waals surface area contributed by atoms with Crippen LogP contribution in [0.3, 0.4) is 0 Å². The zero-order chi connectivity index (χ0) is 45.8. The number of aryl methyl sites for hydroxylation is 1. The van der Waals surface area contributed by atoms with Gasteiger partial charge in [0.1, 0.15) is 0 Å². The van der Waals surface area contributed by atoms with Gasteiger partial charge in [-0.25, -0.2) is 4.98 Å². The van der Waals surface area contributed by atoms with Crippen molar-refractivity contribution in [2.75, 3.05) is 0 Å². The summed E-state index contributed by atoms with van der Waals surface area (Å²) in [6.45, 7) is 3.06. The van der Waals surface area contributed by atoms with E-state index in [0.29, 0.717) is 0 Å². The predicted octanol–water partition coefficient (Wildman–Crippen LogP) is 3.95. The molecule has 340 valence electrons. The topological polar surface area (TPSA) is 352 Å². The second kappa shape index (κ2) is 19.6. The first kappa shape index (κ1) is 49.0. The van der Waals surface area contributed by atoms with Crippen LogP contribution in [0.2, 0.25) is 0 Å². The summed E-state index contributed by atoms with van der Waals surface area (Å²) in [6, 6.07) is 5.44. The molecule has 2 aromatic rings. The maximum Gasteiger partial charge on any atom is 0.307 e. The molecule has 0 aromatic carbocycles. The molecular weight excluding hydrogens is 875 g/mol. The summed E-state index contributed by atoms with van der Waals surface area (Å²) in [5.74, 6) is -12.2. The minimum Gasteiger partial charge on any atom is -0.664 e. The molecule has 0 unspecified atom stereocenters. The van der Waals surface area contributed by atoms with Crippen molar-refractivity contribution < 1.29 is 95.7 Å². The summed E-state index contributed by atoms with van der Waals surface area (Å²) >= 11 is 0. The smallest absolute Gasteiger partial charge is 0.307 e. The van der Waals surface area contributed by atoms with Gasteiger partial charge in [-0.05, 0) is 53.7 Å². The number of nitrogens with zero attached hydrogens (tertiary/aromatic N) is 4. The van der Waals surface area contributed by atoms with Gasteiger partial charge in [-0.1, -0.05) is 43.7 Å². The summed E-state index contributed by atoms with van der Waals surface area (Å²) in [4.78, 5) is 117. The van der Waals surface area contributed by atoms with E-state index in [1.807, 2.05) is 0 Å². The third-order valence-electron chi connectivity index (χ3n) is 11.6. The number of allylic oxidation sites excluding steroid dienone is 1. The molecule has 8 N–H and O–H groups in total. The average Bonchev–Trinajstić information content (AvgIpc) is 3.77. The van der Waals surface area contributed by atoms with E-state index in [0.717, 1.165) is 0 Å². The molecule has 2 aromatic heterocycles. The average molecular weight is 920 g/mol. The maximum atomic E-state index is 12.6. The third-order valence-corrected chi connectivity index (χ3v) is 11.6. The fourth-order valence-electron chi connectivity index (χ4n) is 8.77. The van der Waals surface area contributed by atoms with Crippen LogP contribution in [0.1, 0.15) is 135 Å². The van der Waals surface area contributed by atoms with E-state index < -0.39 is 122 Å². The van der Waals surface area contributed by atoms with Crippen LogP contribution in [0.4, 0.5) is 0 Å². The molecule has 0 fully saturated rings. The normalized spacial score (nSPS) is 19.7. The van der Waals surface area contributed by atoms with E-state index in [9.17, 15) is 79.2 Å². The standard InChI is InChI=1S/C42H46N4O16.Ni/c1-41(17-39(59)60)23(5-9-35(51)52)29-14-27-21(11-37(55)56)19(3-7-33(47)48)25(43-27)13-26-20(4-8-34(49)50)22(12-38(57)58)28(44-26)15-31-42(2,18-40(61)62)24(6-10-36(53)54)30(46-31)16-32(41)45-29;/h13-16,23-24H,3-12,17-18H2,1-2H3,(H10,43,44,45,46,47,48,49,50,51,52,53,54,55,56,57,58,59,60,61,62);/p-2/t23-,24-,41+,42+;/m1./s1. The molecule has 0 radical (unpaired) electrons. The van der Waals surface area contributed by atoms with Crippen LogP contribution in [0.15, 0.2) is 24.3 Å². The Bertz CT molecular complexity index is 2490. The molecule has 0 spiro atoms. The fourth-order valence-corrected chi connectivity index (χ4v) is 8.77. The van der Waals surface area contributed by atoms with Crippen LogP contribution in [0, 0.1) is 0 Å². The molecule has 3 aliphatic rings. The summed E-state index contributed by atoms with van der Waals surface area (Å²) in [5, 5.41) is 79.6. The number of aliphatic carboxylic acids is 8. The molecule has 20 nitrogen and oxygen atoms in total. The van der Waals surface area contributed by atoms with Gasteiger partial charge in [0.2, 0.25) is 0 Å². The molecule has 0 aliphatic carbocycles. The number of carboxylic acid groups (broad SMARTS) is 8. The zero-order valence-electron chi connectivity index (χ0n) is 33.9. The summed E-state index contributed by atoms with van der Waals surface area (Å²) in [7, 11) is 0. The Kier molecular flexibility index (Phi) is 15.3. The minimum atomic E-state index is -1.52. The van der Waals surface area contributed by atoms with E-state index in [1.165, 1.54) is 38.1 Å². The Morgan fingerprint density at radius 3 is 1.62 bits per heavy atom. The molecule has 63 heavy (non-hydrogen) atoms. The van der Waals surface area contributed by atoms with Gasteiger partial charge in [-0.15, -0.1) is 11.0 Å². The van der Waals surface area contributed by atoms with Crippen molar-refractivity contribution in [3.05, 3.63) is 69.6 Å². The Hall–Kier alpha value is -6.63. The molecule has 5 heterocycles. The summed E-state index contributed by atoms with van der Waals surface area (Å²) < 4.78 is 0. The van der Waals surface area contributed by atoms with Crippen molar-refractivity contribution >= 4 is 69.9 Å². The van der Waals surface area contributed by atoms with Crippen molar-refractivity contribution in [2.45, 2.75) is 114 Å². The number of carboxylic acids is 8. The number of carbonyl (C=O) groups is 8. The molecule has 0 saturated heterocycles. The first-order valence-electron chi connectivity index (χ1n) is 19.4. The van der Waals surface area contributed by atoms with Crippen LogP contribution in [-0.4, -0.2) is 98.6 Å². The molecular formula is C42H44N4NiO16-2. The second-order valence-electron chi connectivity index (χ2n) is 16.0. The molecule has 3 aliphatic heterocycles. The molecule has 0 amide bonds. The van der Waals surface area contributed by atoms with E-state index >= 15 is 0 Å². The molecule has 5 rings (SSSR count). The Labute approximate surface area is 367 Å². The Morgan fingerprint density at radius 1 is 0.540 bits per heavy atom. The number of rotatable bonds is 20. The number of aromatic nitrogens is 4. The van der Waals surface area contributed by atoms with Gasteiger partial charge >= 0.3 is 47.8 Å². The van der Waals surface area contributed by atoms with Crippen molar-refractivity contribution in [1.82, 2.24) is 19.9 Å². The van der Waals surface area contributed by atoms with Gasteiger partial charge in [0.25, 0.3) is 0 Å². The predicted molar refractivity (Wildman–Crippen MR) is 212 cm³/mol. The van der Waals surface area contributed by atoms with Crippen LogP contribution in [0.25, 0.3) is 22.2 Å². The molecule has 21 heteroatoms. The van der Waals surface area contributed by atoms with E-state index in [-0.39, 0.29) is 110 Å². The molecule has 8 bridgehead atoms. The molecule has 0 saturated carbocycles. The Morgan fingerprint density at radius 2 is 1.06 bits per heavy atom. The van der Waals surface area contributed by atoms with Crippen LogP contribution in [0.5, 0.6) is 0 Å². The van der Waals surface area contributed by atoms with Crippen molar-refractivity contribution in [3.8, 4) is 0 Å². The summed E-state index contributed by atoms with van der Waals surface area (Å²) in [6.07, 6.45) is -5.51. The number of fused-ring (bicyclic) bond motifs is 8. The quantitative estimate of drug-likeness (QED) is 0.0871. The van der Waals surface area contributed by atoms with Crippen LogP contribution >= 0.6 is 0 Å². The first-order valence-corrected chi connectivity index (χ1v) is 19.4. The second-order valence-corrected chi connectivity index (χ2v) is 16.0. The zero-order valence-corrected chi connectivity index (χ0v) is 34.9. The van der Waals surface area contributed by atoms with E-state index in [4.69, 9.17) is 19.9 Å². The minimum absolute atomic E-state index is 0. The summed E-state index contributed by atoms with van der Waals surface area (Å²) in [5.41, 5.74) is -2.57. The van der Waals surface area contributed by atoms with E-state index in [2.05, 4.69) is 0 Å². The van der Waals surface area contributed by atoms with E-state index in [1.54, 1.807) is 0 Å². The van der Waals surface area contributed by atoms with Crippen LogP contribution in [-0.2, 0) is 78.5 Å². The molecule has 4 atom stereocenters. The van der Waals surface area contributed by atoms with Crippen molar-refractivity contribution in [2.24, 2.45) is 0 Å². The third kappa shape index (κ3) is 11.1. The van der Waals surface area contributed by atoms with Gasteiger partial charge in [0.05, 0.1) is 37.1 Å². The van der Waals surface area contributed by atoms with Crippen LogP contribution < -0.4 is 9.97 Å². The number of hydrogen-bond acceptors (Lipinski definition) is 10. The van der Waals surface area contributed by atoms with Gasteiger partial charge in [-0.2, -0.15) is 11.4 Å². The largest absolute Gasteiger partial charge is 0.664 e. The monoisotopic (exact) mass is 918 g/mol. The fraction of sp³-hybridized carbons (Fsp3) is 0.429. The number of hydrogen-bond donors (Lipinski definition) is 8. The Balaban J connectivity index is 0.00000871. The van der Waals surface area contributed by atoms with Gasteiger partial charge < -0.3 is 50.8 Å². The van der Waals surface area contributed by atoms with Crippen molar-refractivity contribution in [3.63, 3.8) is 0 Å². The van der Waals surface area contributed by atoms with Crippen molar-refractivity contribution in [1.29, 1.82) is 0 Å². The van der Waals surface area contributed by atoms with Gasteiger partial charge in [0.15, 0.2) is 0 Å². The van der Waals surface area contributed by atoms with Gasteiger partial charge in [-0.3, -0.25) is 43.3 Å².